The van der Waals surface area contributed by atoms with Gasteiger partial charge in [0.25, 0.3) is 0 Å². The van der Waals surface area contributed by atoms with Gasteiger partial charge in [-0.3, -0.25) is 0 Å². The van der Waals surface area contributed by atoms with E-state index in [0.717, 1.165) is 18.4 Å². The van der Waals surface area contributed by atoms with E-state index in [1.54, 1.807) is 0 Å². The summed E-state index contributed by atoms with van der Waals surface area (Å²) in [5, 5.41) is 9.57. The first-order valence-corrected chi connectivity index (χ1v) is 4.12. The summed E-state index contributed by atoms with van der Waals surface area (Å²) in [6, 6.07) is 0. The maximum absolute atomic E-state index is 9.57. The summed E-state index contributed by atoms with van der Waals surface area (Å²) < 4.78 is 0. The van der Waals surface area contributed by atoms with Crippen molar-refractivity contribution >= 4 is 0 Å². The Morgan fingerprint density at radius 2 is 2.36 bits per heavy atom. The molecule has 2 atom stereocenters. The minimum absolute atomic E-state index is 0.290. The minimum Gasteiger partial charge on any atom is -0.388 e. The van der Waals surface area contributed by atoms with Crippen LogP contribution >= 0.6 is 0 Å². The molecule has 1 rings (SSSR count). The molecule has 0 saturated carbocycles. The molecule has 0 bridgehead atoms. The quantitative estimate of drug-likeness (QED) is 0.571. The van der Waals surface area contributed by atoms with Gasteiger partial charge >= 0.3 is 0 Å². The van der Waals surface area contributed by atoms with Gasteiger partial charge in [0, 0.05) is 5.92 Å². The van der Waals surface area contributed by atoms with Crippen LogP contribution in [0.25, 0.3) is 0 Å². The maximum Gasteiger partial charge on any atom is 0.0788 e. The highest BCUT2D eigenvalue weighted by molar-refractivity contribution is 5.14. The highest BCUT2D eigenvalue weighted by atomic mass is 16.3. The van der Waals surface area contributed by atoms with E-state index in [2.05, 4.69) is 13.5 Å². The number of aliphatic hydroxyl groups is 1. The first kappa shape index (κ1) is 8.54. The fraction of sp³-hybridized carbons (Fsp3) is 0.600. The van der Waals surface area contributed by atoms with Crippen molar-refractivity contribution in [2.45, 2.75) is 32.8 Å². The third-order valence-corrected chi connectivity index (χ3v) is 2.35. The first-order chi connectivity index (χ1) is 5.11. The summed E-state index contributed by atoms with van der Waals surface area (Å²) in [5.74, 6) is 0.290. The Morgan fingerprint density at radius 1 is 1.73 bits per heavy atom. The Hall–Kier alpha value is -0.560. The molecule has 62 valence electrons. The zero-order valence-corrected chi connectivity index (χ0v) is 7.30. The zero-order valence-electron chi connectivity index (χ0n) is 7.30. The fourth-order valence-electron chi connectivity index (χ4n) is 1.58. The number of allylic oxidation sites excluding steroid dienone is 1. The van der Waals surface area contributed by atoms with Gasteiger partial charge in [-0.2, -0.15) is 0 Å². The van der Waals surface area contributed by atoms with Crippen LogP contribution in [0.2, 0.25) is 0 Å². The molecule has 0 saturated heterocycles. The maximum atomic E-state index is 9.57. The Labute approximate surface area is 68.4 Å². The second-order valence-electron chi connectivity index (χ2n) is 3.50. The molecule has 0 aromatic heterocycles. The summed E-state index contributed by atoms with van der Waals surface area (Å²) in [6.07, 6.45) is 3.82. The van der Waals surface area contributed by atoms with Crippen LogP contribution in [0.15, 0.2) is 23.8 Å². The smallest absolute Gasteiger partial charge is 0.0788 e. The largest absolute Gasteiger partial charge is 0.388 e. The van der Waals surface area contributed by atoms with Crippen molar-refractivity contribution in [1.29, 1.82) is 0 Å². The van der Waals surface area contributed by atoms with Crippen LogP contribution in [0.1, 0.15) is 26.7 Å². The molecule has 1 aliphatic carbocycles. The molecule has 0 heterocycles. The fourth-order valence-corrected chi connectivity index (χ4v) is 1.58. The molecule has 1 unspecified atom stereocenters. The van der Waals surface area contributed by atoms with Crippen LogP contribution in [0.5, 0.6) is 0 Å². The van der Waals surface area contributed by atoms with Gasteiger partial charge in [0.15, 0.2) is 0 Å². The lowest BCUT2D eigenvalue weighted by atomic mass is 9.84. The van der Waals surface area contributed by atoms with E-state index in [4.69, 9.17) is 0 Å². The molecule has 1 nitrogen and oxygen atoms in total. The van der Waals surface area contributed by atoms with Gasteiger partial charge in [0.1, 0.15) is 0 Å². The van der Waals surface area contributed by atoms with E-state index in [9.17, 15) is 5.11 Å². The molecule has 0 amide bonds. The molecule has 0 aromatic rings. The average molecular weight is 152 g/mol. The summed E-state index contributed by atoms with van der Waals surface area (Å²) >= 11 is 0. The summed E-state index contributed by atoms with van der Waals surface area (Å²) in [6.45, 7) is 7.92. The molecule has 0 aliphatic heterocycles. The molecule has 0 spiro atoms. The molecule has 0 radical (unpaired) electrons. The van der Waals surface area contributed by atoms with Crippen LogP contribution in [0.3, 0.4) is 0 Å². The molecule has 11 heavy (non-hydrogen) atoms. The second-order valence-corrected chi connectivity index (χ2v) is 3.50. The highest BCUT2D eigenvalue weighted by Gasteiger charge is 2.21. The molecular weight excluding hydrogens is 136 g/mol. The molecule has 1 N–H and O–H groups in total. The van der Waals surface area contributed by atoms with Gasteiger partial charge in [0.2, 0.25) is 0 Å². The van der Waals surface area contributed by atoms with Crippen molar-refractivity contribution in [3.63, 3.8) is 0 Å². The van der Waals surface area contributed by atoms with Gasteiger partial charge in [-0.15, -0.1) is 0 Å². The van der Waals surface area contributed by atoms with Crippen molar-refractivity contribution in [3.8, 4) is 0 Å². The average Bonchev–Trinajstić information content (AvgIpc) is 1.85. The Balaban J connectivity index is 2.68. The van der Waals surface area contributed by atoms with E-state index < -0.39 is 0 Å². The van der Waals surface area contributed by atoms with Crippen molar-refractivity contribution < 1.29 is 5.11 Å². The van der Waals surface area contributed by atoms with Crippen LogP contribution in [-0.4, -0.2) is 11.2 Å². The van der Waals surface area contributed by atoms with Crippen molar-refractivity contribution in [3.05, 3.63) is 23.8 Å². The van der Waals surface area contributed by atoms with Gasteiger partial charge < -0.3 is 5.11 Å². The summed E-state index contributed by atoms with van der Waals surface area (Å²) in [5.41, 5.74) is 2.40. The number of hydrogen-bond acceptors (Lipinski definition) is 1. The van der Waals surface area contributed by atoms with E-state index >= 15 is 0 Å². The second kappa shape index (κ2) is 3.22. The number of aliphatic hydroxyl groups excluding tert-OH is 1. The standard InChI is InChI=1S/C10H16O/c1-7(2)9-5-4-8(3)6-10(9)11/h6,9-11H,1,4-5H2,2-3H3/t9?,10-/m0/s1. The van der Waals surface area contributed by atoms with E-state index in [1.165, 1.54) is 5.57 Å². The van der Waals surface area contributed by atoms with Gasteiger partial charge in [-0.1, -0.05) is 23.8 Å². The number of rotatable bonds is 1. The van der Waals surface area contributed by atoms with E-state index in [0.29, 0.717) is 5.92 Å². The van der Waals surface area contributed by atoms with Crippen LogP contribution in [-0.2, 0) is 0 Å². The van der Waals surface area contributed by atoms with Crippen molar-refractivity contribution in [1.82, 2.24) is 0 Å². The number of hydrogen-bond donors (Lipinski definition) is 1. The Bertz CT molecular complexity index is 191. The van der Waals surface area contributed by atoms with Crippen molar-refractivity contribution in [2.24, 2.45) is 5.92 Å². The third-order valence-electron chi connectivity index (χ3n) is 2.35. The highest BCUT2D eigenvalue weighted by Crippen LogP contribution is 2.27. The lowest BCUT2D eigenvalue weighted by Crippen LogP contribution is -2.22. The van der Waals surface area contributed by atoms with Crippen LogP contribution in [0.4, 0.5) is 0 Å². The van der Waals surface area contributed by atoms with Gasteiger partial charge in [0.05, 0.1) is 6.10 Å². The molecule has 0 aromatic carbocycles. The van der Waals surface area contributed by atoms with E-state index in [1.807, 2.05) is 13.0 Å². The molecule has 1 heteroatoms. The van der Waals surface area contributed by atoms with E-state index in [-0.39, 0.29) is 6.10 Å². The normalized spacial score (nSPS) is 31.4. The monoisotopic (exact) mass is 152 g/mol. The molecule has 1 aliphatic rings. The molecule has 0 fully saturated rings. The predicted octanol–water partition coefficient (Wildman–Crippen LogP) is 2.28. The van der Waals surface area contributed by atoms with Crippen LogP contribution in [0, 0.1) is 5.92 Å². The van der Waals surface area contributed by atoms with Crippen molar-refractivity contribution in [2.75, 3.05) is 0 Å². The summed E-state index contributed by atoms with van der Waals surface area (Å²) in [7, 11) is 0. The Kier molecular flexibility index (Phi) is 2.50. The first-order valence-electron chi connectivity index (χ1n) is 4.12. The SMILES string of the molecule is C=C(C)C1CCC(C)=C[C@@H]1O. The van der Waals surface area contributed by atoms with Crippen LogP contribution < -0.4 is 0 Å². The lowest BCUT2D eigenvalue weighted by Gasteiger charge is -2.25. The summed E-state index contributed by atoms with van der Waals surface area (Å²) in [4.78, 5) is 0. The lowest BCUT2D eigenvalue weighted by molar-refractivity contribution is 0.157. The predicted molar refractivity (Wildman–Crippen MR) is 47.3 cm³/mol. The third kappa shape index (κ3) is 1.93. The molecular formula is C10H16O. The minimum atomic E-state index is -0.291. The van der Waals surface area contributed by atoms with Gasteiger partial charge in [-0.05, 0) is 26.7 Å². The topological polar surface area (TPSA) is 20.2 Å². The zero-order chi connectivity index (χ0) is 8.43. The van der Waals surface area contributed by atoms with Gasteiger partial charge in [-0.25, -0.2) is 0 Å². The Morgan fingerprint density at radius 3 is 2.82 bits per heavy atom.